The molecule has 0 unspecified atom stereocenters. The van der Waals surface area contributed by atoms with Gasteiger partial charge in [-0.1, -0.05) is 0 Å². The first-order valence-corrected chi connectivity index (χ1v) is 6.89. The fourth-order valence-corrected chi connectivity index (χ4v) is 1.23. The van der Waals surface area contributed by atoms with Gasteiger partial charge in [-0.3, -0.25) is 4.79 Å². The number of halogens is 1. The third kappa shape index (κ3) is 12.9. The van der Waals surface area contributed by atoms with Crippen molar-refractivity contribution in [2.45, 2.75) is 52.7 Å². The van der Waals surface area contributed by atoms with E-state index in [-0.39, 0.29) is 42.1 Å². The van der Waals surface area contributed by atoms with Crippen LogP contribution in [-0.4, -0.2) is 49.9 Å². The standard InChI is InChI=1S/C14H29N3O3.HI/c1-8-15-12(17-10-14(5,6)19-7)16-9-11(18)20-13(2,3)4;/h8-10H2,1-7H3,(H2,15,16,17);1H. The zero-order valence-electron chi connectivity index (χ0n) is 14.2. The van der Waals surface area contributed by atoms with E-state index < -0.39 is 5.60 Å². The van der Waals surface area contributed by atoms with Gasteiger partial charge >= 0.3 is 5.97 Å². The maximum atomic E-state index is 11.6. The van der Waals surface area contributed by atoms with Crippen molar-refractivity contribution in [2.75, 3.05) is 26.7 Å². The zero-order valence-corrected chi connectivity index (χ0v) is 16.5. The predicted octanol–water partition coefficient (Wildman–Crippen LogP) is 1.93. The average Bonchev–Trinajstić information content (AvgIpc) is 2.30. The molecule has 0 bridgehead atoms. The summed E-state index contributed by atoms with van der Waals surface area (Å²) in [5.74, 6) is 0.226. The molecule has 2 N–H and O–H groups in total. The normalized spacial score (nSPS) is 12.4. The molecule has 0 spiro atoms. The molecule has 0 atom stereocenters. The van der Waals surface area contributed by atoms with Gasteiger partial charge in [0, 0.05) is 20.2 Å². The Balaban J connectivity index is 0. The lowest BCUT2D eigenvalue weighted by Crippen LogP contribution is -2.45. The molecular formula is C14H30IN3O3. The average molecular weight is 415 g/mol. The van der Waals surface area contributed by atoms with Gasteiger partial charge in [-0.25, -0.2) is 4.99 Å². The molecule has 0 aliphatic rings. The first-order chi connectivity index (χ1) is 9.09. The van der Waals surface area contributed by atoms with Crippen LogP contribution in [0, 0.1) is 0 Å². The van der Waals surface area contributed by atoms with Gasteiger partial charge in [-0.2, -0.15) is 0 Å². The number of carbonyl (C=O) groups excluding carboxylic acids is 1. The highest BCUT2D eigenvalue weighted by molar-refractivity contribution is 14.0. The number of methoxy groups -OCH3 is 1. The van der Waals surface area contributed by atoms with Crippen LogP contribution in [0.5, 0.6) is 0 Å². The van der Waals surface area contributed by atoms with E-state index in [4.69, 9.17) is 9.47 Å². The van der Waals surface area contributed by atoms with E-state index in [0.29, 0.717) is 19.0 Å². The lowest BCUT2D eigenvalue weighted by atomic mass is 10.1. The Hall–Kier alpha value is -0.570. The molecule has 21 heavy (non-hydrogen) atoms. The molecule has 0 aromatic heterocycles. The Bertz CT molecular complexity index is 339. The van der Waals surface area contributed by atoms with E-state index in [1.165, 1.54) is 0 Å². The minimum atomic E-state index is -0.490. The van der Waals surface area contributed by atoms with Crippen molar-refractivity contribution in [1.82, 2.24) is 10.6 Å². The molecule has 0 heterocycles. The van der Waals surface area contributed by atoms with Gasteiger partial charge in [0.2, 0.25) is 0 Å². The third-order valence-corrected chi connectivity index (χ3v) is 2.36. The summed E-state index contributed by atoms with van der Waals surface area (Å²) in [5, 5.41) is 6.21. The molecule has 6 nitrogen and oxygen atoms in total. The number of carbonyl (C=O) groups is 1. The number of nitrogens with zero attached hydrogens (tertiary/aromatic N) is 1. The van der Waals surface area contributed by atoms with E-state index >= 15 is 0 Å². The molecule has 0 aliphatic carbocycles. The fourth-order valence-electron chi connectivity index (χ4n) is 1.23. The minimum Gasteiger partial charge on any atom is -0.459 e. The Kier molecular flexibility index (Phi) is 11.0. The minimum absolute atomic E-state index is 0. The monoisotopic (exact) mass is 415 g/mol. The summed E-state index contributed by atoms with van der Waals surface area (Å²) < 4.78 is 10.5. The molecule has 0 aliphatic heterocycles. The van der Waals surface area contributed by atoms with Crippen LogP contribution in [0.3, 0.4) is 0 Å². The van der Waals surface area contributed by atoms with Crippen LogP contribution in [0.1, 0.15) is 41.5 Å². The number of hydrogen-bond acceptors (Lipinski definition) is 4. The first kappa shape index (κ1) is 22.7. The van der Waals surface area contributed by atoms with Crippen LogP contribution in [0.15, 0.2) is 4.99 Å². The molecule has 0 aromatic rings. The van der Waals surface area contributed by atoms with Crippen molar-refractivity contribution in [3.8, 4) is 0 Å². The van der Waals surface area contributed by atoms with Gasteiger partial charge in [0.15, 0.2) is 5.96 Å². The first-order valence-electron chi connectivity index (χ1n) is 6.89. The van der Waals surface area contributed by atoms with Crippen molar-refractivity contribution in [2.24, 2.45) is 4.99 Å². The number of rotatable bonds is 6. The molecule has 126 valence electrons. The molecule has 0 aromatic carbocycles. The van der Waals surface area contributed by atoms with Gasteiger partial charge in [-0.15, -0.1) is 24.0 Å². The third-order valence-electron chi connectivity index (χ3n) is 2.36. The molecule has 0 rings (SSSR count). The Labute approximate surface area is 145 Å². The summed E-state index contributed by atoms with van der Waals surface area (Å²) in [4.78, 5) is 15.8. The van der Waals surface area contributed by atoms with Gasteiger partial charge in [0.1, 0.15) is 12.1 Å². The Morgan fingerprint density at radius 2 is 1.71 bits per heavy atom. The number of ether oxygens (including phenoxy) is 2. The second-order valence-electron chi connectivity index (χ2n) is 6.10. The highest BCUT2D eigenvalue weighted by Crippen LogP contribution is 2.07. The second kappa shape index (κ2) is 10.2. The van der Waals surface area contributed by atoms with E-state index in [1.54, 1.807) is 7.11 Å². The molecule has 0 fully saturated rings. The molecular weight excluding hydrogens is 385 g/mol. The summed E-state index contributed by atoms with van der Waals surface area (Å²) >= 11 is 0. The van der Waals surface area contributed by atoms with Gasteiger partial charge in [-0.05, 0) is 41.5 Å². The summed E-state index contributed by atoms with van der Waals surface area (Å²) in [6.45, 7) is 12.7. The number of nitrogens with one attached hydrogen (secondary N) is 2. The maximum Gasteiger partial charge on any atom is 0.328 e. The smallest absolute Gasteiger partial charge is 0.328 e. The largest absolute Gasteiger partial charge is 0.459 e. The van der Waals surface area contributed by atoms with Crippen LogP contribution < -0.4 is 10.6 Å². The van der Waals surface area contributed by atoms with E-state index in [2.05, 4.69) is 15.6 Å². The number of aliphatic imine (C=N–C) groups is 1. The maximum absolute atomic E-state index is 11.6. The van der Waals surface area contributed by atoms with Crippen LogP contribution in [-0.2, 0) is 14.3 Å². The fraction of sp³-hybridized carbons (Fsp3) is 0.857. The summed E-state index contributed by atoms with van der Waals surface area (Å²) in [7, 11) is 1.66. The summed E-state index contributed by atoms with van der Waals surface area (Å²) in [5.41, 5.74) is -0.793. The van der Waals surface area contributed by atoms with Crippen LogP contribution in [0.2, 0.25) is 0 Å². The quantitative estimate of drug-likeness (QED) is 0.300. The van der Waals surface area contributed by atoms with Crippen LogP contribution >= 0.6 is 24.0 Å². The van der Waals surface area contributed by atoms with Crippen LogP contribution in [0.25, 0.3) is 0 Å². The molecule has 7 heteroatoms. The molecule has 0 saturated carbocycles. The lowest BCUT2D eigenvalue weighted by Gasteiger charge is -2.24. The predicted molar refractivity (Wildman–Crippen MR) is 96.3 cm³/mol. The Morgan fingerprint density at radius 1 is 1.14 bits per heavy atom. The van der Waals surface area contributed by atoms with Crippen molar-refractivity contribution < 1.29 is 14.3 Å². The van der Waals surface area contributed by atoms with Crippen molar-refractivity contribution in [1.29, 1.82) is 0 Å². The SMILES string of the molecule is CCNC(=NCC(=O)OC(C)(C)C)NCC(C)(C)OC.I. The van der Waals surface area contributed by atoms with Crippen LogP contribution in [0.4, 0.5) is 0 Å². The van der Waals surface area contributed by atoms with Gasteiger partial charge in [0.25, 0.3) is 0 Å². The lowest BCUT2D eigenvalue weighted by molar-refractivity contribution is -0.152. The van der Waals surface area contributed by atoms with Gasteiger partial charge in [0.05, 0.1) is 5.60 Å². The highest BCUT2D eigenvalue weighted by Gasteiger charge is 2.18. The van der Waals surface area contributed by atoms with E-state index in [1.807, 2.05) is 41.5 Å². The van der Waals surface area contributed by atoms with Crippen molar-refractivity contribution >= 4 is 35.9 Å². The zero-order chi connectivity index (χ0) is 15.8. The van der Waals surface area contributed by atoms with Crippen molar-refractivity contribution in [3.05, 3.63) is 0 Å². The highest BCUT2D eigenvalue weighted by atomic mass is 127. The second-order valence-corrected chi connectivity index (χ2v) is 6.10. The number of guanidine groups is 1. The van der Waals surface area contributed by atoms with Crippen molar-refractivity contribution in [3.63, 3.8) is 0 Å². The number of esters is 1. The van der Waals surface area contributed by atoms with E-state index in [0.717, 1.165) is 0 Å². The topological polar surface area (TPSA) is 72.0 Å². The summed E-state index contributed by atoms with van der Waals surface area (Å²) in [6, 6.07) is 0. The molecule has 0 radical (unpaired) electrons. The van der Waals surface area contributed by atoms with Gasteiger partial charge < -0.3 is 20.1 Å². The molecule has 0 amide bonds. The van der Waals surface area contributed by atoms with E-state index in [9.17, 15) is 4.79 Å². The number of hydrogen-bond donors (Lipinski definition) is 2. The molecule has 0 saturated heterocycles. The summed E-state index contributed by atoms with van der Waals surface area (Å²) in [6.07, 6.45) is 0. The Morgan fingerprint density at radius 3 is 2.14 bits per heavy atom.